The maximum absolute atomic E-state index is 11.3. The Morgan fingerprint density at radius 3 is 3.00 bits per heavy atom. The number of hydrogen-bond donors (Lipinski definition) is 1. The molecule has 0 bridgehead atoms. The SMILES string of the molecule is COC(=O)[C@@]1(N)CC=CCCC1. The van der Waals surface area contributed by atoms with E-state index in [1.54, 1.807) is 0 Å². The van der Waals surface area contributed by atoms with E-state index >= 15 is 0 Å². The summed E-state index contributed by atoms with van der Waals surface area (Å²) in [5.41, 5.74) is 5.11. The molecule has 0 unspecified atom stereocenters. The van der Waals surface area contributed by atoms with Crippen LogP contribution in [0.4, 0.5) is 0 Å². The smallest absolute Gasteiger partial charge is 0.326 e. The van der Waals surface area contributed by atoms with Crippen LogP contribution < -0.4 is 5.73 Å². The molecule has 0 aromatic rings. The molecule has 0 aromatic heterocycles. The van der Waals surface area contributed by atoms with Crippen molar-refractivity contribution in [3.8, 4) is 0 Å². The van der Waals surface area contributed by atoms with Crippen LogP contribution in [-0.4, -0.2) is 18.6 Å². The van der Waals surface area contributed by atoms with Gasteiger partial charge in [0, 0.05) is 0 Å². The van der Waals surface area contributed by atoms with Crippen LogP contribution in [-0.2, 0) is 9.53 Å². The van der Waals surface area contributed by atoms with Crippen LogP contribution in [0.1, 0.15) is 25.7 Å². The predicted molar refractivity (Wildman–Crippen MR) is 46.5 cm³/mol. The number of carbonyl (C=O) groups is 1. The highest BCUT2D eigenvalue weighted by Crippen LogP contribution is 2.21. The van der Waals surface area contributed by atoms with Gasteiger partial charge in [-0.1, -0.05) is 12.2 Å². The molecule has 1 atom stereocenters. The lowest BCUT2D eigenvalue weighted by Gasteiger charge is -2.23. The maximum Gasteiger partial charge on any atom is 0.326 e. The third-order valence-electron chi connectivity index (χ3n) is 2.23. The molecule has 0 radical (unpaired) electrons. The fourth-order valence-corrected chi connectivity index (χ4v) is 1.44. The number of ether oxygens (including phenoxy) is 1. The van der Waals surface area contributed by atoms with Crippen molar-refractivity contribution in [2.24, 2.45) is 5.73 Å². The molecular formula is C9H15NO2. The standard InChI is InChI=1S/C9H15NO2/c1-12-8(11)9(10)6-4-2-3-5-7-9/h2,4H,3,5-7,10H2,1H3/t9-/m1/s1. The number of methoxy groups -OCH3 is 1. The Kier molecular flexibility index (Phi) is 2.87. The first kappa shape index (κ1) is 9.26. The van der Waals surface area contributed by atoms with E-state index in [2.05, 4.69) is 10.8 Å². The van der Waals surface area contributed by atoms with Crippen molar-refractivity contribution in [2.75, 3.05) is 7.11 Å². The van der Waals surface area contributed by atoms with Gasteiger partial charge < -0.3 is 10.5 Å². The minimum atomic E-state index is -0.776. The molecular weight excluding hydrogens is 154 g/mol. The molecule has 0 amide bonds. The van der Waals surface area contributed by atoms with Crippen molar-refractivity contribution in [1.82, 2.24) is 0 Å². The molecule has 0 heterocycles. The molecule has 68 valence electrons. The van der Waals surface area contributed by atoms with Gasteiger partial charge in [0.1, 0.15) is 5.54 Å². The zero-order valence-electron chi connectivity index (χ0n) is 7.38. The van der Waals surface area contributed by atoms with Gasteiger partial charge in [-0.15, -0.1) is 0 Å². The van der Waals surface area contributed by atoms with Crippen LogP contribution in [0.15, 0.2) is 12.2 Å². The van der Waals surface area contributed by atoms with Crippen LogP contribution in [0.5, 0.6) is 0 Å². The number of carbonyl (C=O) groups excluding carboxylic acids is 1. The van der Waals surface area contributed by atoms with Crippen LogP contribution in [0.3, 0.4) is 0 Å². The van der Waals surface area contributed by atoms with Crippen molar-refractivity contribution >= 4 is 5.97 Å². The Hall–Kier alpha value is -0.830. The molecule has 1 aliphatic carbocycles. The summed E-state index contributed by atoms with van der Waals surface area (Å²) in [7, 11) is 1.38. The lowest BCUT2D eigenvalue weighted by Crippen LogP contribution is -2.48. The number of rotatable bonds is 1. The molecule has 0 saturated heterocycles. The Morgan fingerprint density at radius 1 is 1.58 bits per heavy atom. The fourth-order valence-electron chi connectivity index (χ4n) is 1.44. The molecule has 12 heavy (non-hydrogen) atoms. The highest BCUT2D eigenvalue weighted by Gasteiger charge is 2.33. The number of esters is 1. The molecule has 0 spiro atoms. The van der Waals surface area contributed by atoms with Gasteiger partial charge >= 0.3 is 5.97 Å². The van der Waals surface area contributed by atoms with E-state index in [1.807, 2.05) is 6.08 Å². The van der Waals surface area contributed by atoms with Crippen molar-refractivity contribution in [3.63, 3.8) is 0 Å². The van der Waals surface area contributed by atoms with Crippen molar-refractivity contribution in [2.45, 2.75) is 31.2 Å². The third-order valence-corrected chi connectivity index (χ3v) is 2.23. The van der Waals surface area contributed by atoms with Gasteiger partial charge in [0.05, 0.1) is 7.11 Å². The van der Waals surface area contributed by atoms with E-state index in [4.69, 9.17) is 5.73 Å². The first-order chi connectivity index (χ1) is 5.69. The molecule has 3 nitrogen and oxygen atoms in total. The summed E-state index contributed by atoms with van der Waals surface area (Å²) in [4.78, 5) is 11.3. The summed E-state index contributed by atoms with van der Waals surface area (Å²) in [5.74, 6) is -0.297. The van der Waals surface area contributed by atoms with E-state index in [9.17, 15) is 4.79 Å². The summed E-state index contributed by atoms with van der Waals surface area (Å²) >= 11 is 0. The first-order valence-corrected chi connectivity index (χ1v) is 4.21. The normalized spacial score (nSPS) is 29.5. The second kappa shape index (κ2) is 3.72. The molecule has 0 fully saturated rings. The fraction of sp³-hybridized carbons (Fsp3) is 0.667. The lowest BCUT2D eigenvalue weighted by molar-refractivity contribution is -0.147. The Bertz CT molecular complexity index is 201. The zero-order chi connectivity index (χ0) is 9.03. The molecule has 1 rings (SSSR count). The van der Waals surface area contributed by atoms with Gasteiger partial charge in [-0.2, -0.15) is 0 Å². The summed E-state index contributed by atoms with van der Waals surface area (Å²) in [6.45, 7) is 0. The van der Waals surface area contributed by atoms with E-state index in [1.165, 1.54) is 7.11 Å². The van der Waals surface area contributed by atoms with Gasteiger partial charge in [0.25, 0.3) is 0 Å². The van der Waals surface area contributed by atoms with E-state index < -0.39 is 5.54 Å². The van der Waals surface area contributed by atoms with Gasteiger partial charge in [0.2, 0.25) is 0 Å². The molecule has 2 N–H and O–H groups in total. The van der Waals surface area contributed by atoms with Gasteiger partial charge in [-0.05, 0) is 25.7 Å². The van der Waals surface area contributed by atoms with Gasteiger partial charge in [-0.25, -0.2) is 0 Å². The van der Waals surface area contributed by atoms with Crippen LogP contribution in [0, 0.1) is 0 Å². The van der Waals surface area contributed by atoms with Crippen molar-refractivity contribution < 1.29 is 9.53 Å². The Morgan fingerprint density at radius 2 is 2.33 bits per heavy atom. The zero-order valence-corrected chi connectivity index (χ0v) is 7.38. The van der Waals surface area contributed by atoms with Crippen molar-refractivity contribution in [1.29, 1.82) is 0 Å². The average molecular weight is 169 g/mol. The first-order valence-electron chi connectivity index (χ1n) is 4.21. The maximum atomic E-state index is 11.3. The molecule has 0 aliphatic heterocycles. The quantitative estimate of drug-likeness (QED) is 0.470. The van der Waals surface area contributed by atoms with Crippen LogP contribution >= 0.6 is 0 Å². The number of nitrogens with two attached hydrogens (primary N) is 1. The number of allylic oxidation sites excluding steroid dienone is 1. The average Bonchev–Trinajstić information content (AvgIpc) is 2.29. The monoisotopic (exact) mass is 169 g/mol. The minimum Gasteiger partial charge on any atom is -0.468 e. The minimum absolute atomic E-state index is 0.297. The molecule has 0 saturated carbocycles. The van der Waals surface area contributed by atoms with E-state index in [-0.39, 0.29) is 5.97 Å². The second-order valence-electron chi connectivity index (χ2n) is 3.22. The highest BCUT2D eigenvalue weighted by atomic mass is 16.5. The Balaban J connectivity index is 2.67. The third kappa shape index (κ3) is 1.85. The molecule has 3 heteroatoms. The van der Waals surface area contributed by atoms with Crippen LogP contribution in [0.25, 0.3) is 0 Å². The summed E-state index contributed by atoms with van der Waals surface area (Å²) in [6, 6.07) is 0. The van der Waals surface area contributed by atoms with Gasteiger partial charge in [0.15, 0.2) is 0 Å². The topological polar surface area (TPSA) is 52.3 Å². The Labute approximate surface area is 72.6 Å². The second-order valence-corrected chi connectivity index (χ2v) is 3.22. The number of hydrogen-bond acceptors (Lipinski definition) is 3. The summed E-state index contributed by atoms with van der Waals surface area (Å²) < 4.78 is 4.65. The summed E-state index contributed by atoms with van der Waals surface area (Å²) in [6.07, 6.45) is 7.31. The van der Waals surface area contributed by atoms with Crippen molar-refractivity contribution in [3.05, 3.63) is 12.2 Å². The summed E-state index contributed by atoms with van der Waals surface area (Å²) in [5, 5.41) is 0. The highest BCUT2D eigenvalue weighted by molar-refractivity contribution is 5.80. The van der Waals surface area contributed by atoms with E-state index in [0.29, 0.717) is 12.8 Å². The van der Waals surface area contributed by atoms with Gasteiger partial charge in [-0.3, -0.25) is 4.79 Å². The largest absolute Gasteiger partial charge is 0.468 e. The molecule has 1 aliphatic rings. The van der Waals surface area contributed by atoms with Crippen LogP contribution in [0.2, 0.25) is 0 Å². The van der Waals surface area contributed by atoms with E-state index in [0.717, 1.165) is 12.8 Å². The molecule has 0 aromatic carbocycles. The lowest BCUT2D eigenvalue weighted by atomic mass is 9.92. The predicted octanol–water partition coefficient (Wildman–Crippen LogP) is 0.987.